The minimum Gasteiger partial charge on any atom is -0.302 e. The number of hydrogen-bond acceptors (Lipinski definition) is 3. The summed E-state index contributed by atoms with van der Waals surface area (Å²) < 4.78 is 40.2. The first-order valence-corrected chi connectivity index (χ1v) is 8.85. The number of likely N-dealkylation sites (N-methyl/N-ethyl adjacent to an activating group) is 1. The number of piperidine rings is 1. The lowest BCUT2D eigenvalue weighted by Gasteiger charge is -2.32. The molecule has 1 aromatic rings. The topological polar surface area (TPSA) is 40.6 Å². The van der Waals surface area contributed by atoms with Gasteiger partial charge < -0.3 is 4.90 Å². The SMILES string of the molecule is CN1C[C@H]2CC[C@@H]1CN(S(=O)(=O)c1ccc(F)cc1Cl)C2. The molecule has 4 nitrogen and oxygen atoms in total. The highest BCUT2D eigenvalue weighted by Gasteiger charge is 2.38. The molecule has 3 fully saturated rings. The molecule has 21 heavy (non-hydrogen) atoms. The summed E-state index contributed by atoms with van der Waals surface area (Å²) in [6, 6.07) is 3.69. The van der Waals surface area contributed by atoms with Crippen LogP contribution in [0.2, 0.25) is 5.02 Å². The van der Waals surface area contributed by atoms with Crippen LogP contribution in [0, 0.1) is 11.7 Å². The Morgan fingerprint density at radius 2 is 2.00 bits per heavy atom. The van der Waals surface area contributed by atoms with Gasteiger partial charge in [0.2, 0.25) is 10.0 Å². The summed E-state index contributed by atoms with van der Waals surface area (Å²) >= 11 is 5.93. The van der Waals surface area contributed by atoms with Crippen molar-refractivity contribution in [1.29, 1.82) is 0 Å². The summed E-state index contributed by atoms with van der Waals surface area (Å²) in [5.41, 5.74) is 0. The van der Waals surface area contributed by atoms with Crippen molar-refractivity contribution in [3.63, 3.8) is 0 Å². The lowest BCUT2D eigenvalue weighted by molar-refractivity contribution is 0.168. The van der Waals surface area contributed by atoms with Crippen LogP contribution < -0.4 is 0 Å². The maximum atomic E-state index is 13.1. The third-order valence-electron chi connectivity index (χ3n) is 4.47. The van der Waals surface area contributed by atoms with Gasteiger partial charge in [-0.15, -0.1) is 0 Å². The molecule has 0 N–H and O–H groups in total. The summed E-state index contributed by atoms with van der Waals surface area (Å²) in [7, 11) is -1.63. The van der Waals surface area contributed by atoms with E-state index < -0.39 is 15.8 Å². The molecule has 0 amide bonds. The average molecular weight is 333 g/mol. The summed E-state index contributed by atoms with van der Waals surface area (Å²) in [6.45, 7) is 1.91. The highest BCUT2D eigenvalue weighted by Crippen LogP contribution is 2.32. The van der Waals surface area contributed by atoms with Crippen molar-refractivity contribution in [3.05, 3.63) is 29.0 Å². The smallest absolute Gasteiger partial charge is 0.244 e. The van der Waals surface area contributed by atoms with Gasteiger partial charge in [-0.3, -0.25) is 0 Å². The quantitative estimate of drug-likeness (QED) is 0.833. The molecule has 0 unspecified atom stereocenters. The van der Waals surface area contributed by atoms with E-state index in [1.165, 1.54) is 10.4 Å². The fraction of sp³-hybridized carbons (Fsp3) is 0.571. The van der Waals surface area contributed by atoms with Crippen LogP contribution in [0.3, 0.4) is 0 Å². The van der Waals surface area contributed by atoms with Crippen molar-refractivity contribution >= 4 is 21.6 Å². The van der Waals surface area contributed by atoms with Crippen molar-refractivity contribution in [1.82, 2.24) is 9.21 Å². The van der Waals surface area contributed by atoms with Crippen LogP contribution in [0.15, 0.2) is 23.1 Å². The Labute approximate surface area is 129 Å². The molecule has 7 heteroatoms. The standard InChI is InChI=1S/C14H18ClFN2O2S/c1-17-7-10-2-4-12(17)9-18(8-10)21(19,20)14-5-3-11(16)6-13(14)15/h3,5-6,10,12H,2,4,7-9H2,1H3/t10-,12-/m1/s1. The number of halogens is 2. The van der Waals surface area contributed by atoms with Crippen LogP contribution in [-0.2, 0) is 10.0 Å². The van der Waals surface area contributed by atoms with Crippen LogP contribution >= 0.6 is 11.6 Å². The molecular formula is C14H18ClFN2O2S. The predicted octanol–water partition coefficient (Wildman–Crippen LogP) is 2.19. The molecule has 116 valence electrons. The molecule has 0 saturated carbocycles. The van der Waals surface area contributed by atoms with Crippen LogP contribution in [-0.4, -0.2) is 50.3 Å². The van der Waals surface area contributed by atoms with E-state index >= 15 is 0 Å². The first-order chi connectivity index (χ1) is 9.88. The third kappa shape index (κ3) is 2.82. The molecule has 2 atom stereocenters. The third-order valence-corrected chi connectivity index (χ3v) is 6.78. The molecule has 3 heterocycles. The van der Waals surface area contributed by atoms with Crippen molar-refractivity contribution in [2.24, 2.45) is 5.92 Å². The molecule has 4 rings (SSSR count). The van der Waals surface area contributed by atoms with E-state index in [4.69, 9.17) is 11.6 Å². The Hall–Kier alpha value is -0.690. The zero-order valence-corrected chi connectivity index (χ0v) is 13.4. The van der Waals surface area contributed by atoms with Gasteiger partial charge in [0, 0.05) is 25.7 Å². The van der Waals surface area contributed by atoms with E-state index in [0.29, 0.717) is 19.0 Å². The fourth-order valence-electron chi connectivity index (χ4n) is 3.29. The van der Waals surface area contributed by atoms with Gasteiger partial charge in [0.25, 0.3) is 0 Å². The number of sulfonamides is 1. The van der Waals surface area contributed by atoms with E-state index in [9.17, 15) is 12.8 Å². The number of nitrogens with zero attached hydrogens (tertiary/aromatic N) is 2. The fourth-order valence-corrected chi connectivity index (χ4v) is 5.35. The molecule has 3 saturated heterocycles. The minimum atomic E-state index is -3.67. The van der Waals surface area contributed by atoms with Gasteiger partial charge in [-0.1, -0.05) is 11.6 Å². The highest BCUT2D eigenvalue weighted by atomic mass is 35.5. The zero-order chi connectivity index (χ0) is 15.2. The lowest BCUT2D eigenvalue weighted by Crippen LogP contribution is -2.41. The van der Waals surface area contributed by atoms with Crippen molar-refractivity contribution in [2.75, 3.05) is 26.7 Å². The maximum absolute atomic E-state index is 13.1. The van der Waals surface area contributed by atoms with Crippen molar-refractivity contribution in [3.8, 4) is 0 Å². The van der Waals surface area contributed by atoms with Gasteiger partial charge >= 0.3 is 0 Å². The Bertz CT molecular complexity index is 652. The Morgan fingerprint density at radius 3 is 2.67 bits per heavy atom. The highest BCUT2D eigenvalue weighted by molar-refractivity contribution is 7.89. The summed E-state index contributed by atoms with van der Waals surface area (Å²) in [4.78, 5) is 2.23. The van der Waals surface area contributed by atoms with E-state index in [0.717, 1.165) is 31.5 Å². The Balaban J connectivity index is 1.95. The van der Waals surface area contributed by atoms with E-state index in [-0.39, 0.29) is 16.0 Å². The van der Waals surface area contributed by atoms with Gasteiger partial charge in [0.05, 0.1) is 5.02 Å². The van der Waals surface area contributed by atoms with Crippen LogP contribution in [0.4, 0.5) is 4.39 Å². The van der Waals surface area contributed by atoms with Gasteiger partial charge in [0.1, 0.15) is 10.7 Å². The molecular weight excluding hydrogens is 315 g/mol. The summed E-state index contributed by atoms with van der Waals surface area (Å²) in [6.07, 6.45) is 2.07. The monoisotopic (exact) mass is 332 g/mol. The van der Waals surface area contributed by atoms with E-state index in [1.807, 2.05) is 7.05 Å². The Kier molecular flexibility index (Phi) is 3.98. The van der Waals surface area contributed by atoms with Gasteiger partial charge in [-0.25, -0.2) is 12.8 Å². The minimum absolute atomic E-state index is 0.00507. The Morgan fingerprint density at radius 1 is 1.24 bits per heavy atom. The molecule has 0 spiro atoms. The number of rotatable bonds is 2. The normalized spacial score (nSPS) is 27.8. The average Bonchev–Trinajstić information content (AvgIpc) is 2.69. The van der Waals surface area contributed by atoms with E-state index in [1.54, 1.807) is 0 Å². The molecule has 0 radical (unpaired) electrons. The second kappa shape index (κ2) is 5.50. The molecule has 3 aliphatic rings. The predicted molar refractivity (Wildman–Crippen MR) is 79.3 cm³/mol. The van der Waals surface area contributed by atoms with Crippen LogP contribution in [0.25, 0.3) is 0 Å². The van der Waals surface area contributed by atoms with Gasteiger partial charge in [0.15, 0.2) is 0 Å². The molecule has 0 aromatic heterocycles. The number of benzene rings is 1. The second-order valence-corrected chi connectivity index (χ2v) is 8.25. The molecule has 3 aliphatic heterocycles. The van der Waals surface area contributed by atoms with E-state index in [2.05, 4.69) is 4.90 Å². The van der Waals surface area contributed by atoms with Gasteiger partial charge in [-0.05, 0) is 44.0 Å². The van der Waals surface area contributed by atoms with Crippen molar-refractivity contribution in [2.45, 2.75) is 23.8 Å². The van der Waals surface area contributed by atoms with Crippen LogP contribution in [0.1, 0.15) is 12.8 Å². The summed E-state index contributed by atoms with van der Waals surface area (Å²) in [5, 5.41) is -0.0556. The lowest BCUT2D eigenvalue weighted by atomic mass is 9.96. The zero-order valence-electron chi connectivity index (χ0n) is 11.8. The number of hydrogen-bond donors (Lipinski definition) is 0. The summed E-state index contributed by atoms with van der Waals surface area (Å²) in [5.74, 6) is -0.183. The molecule has 0 aliphatic carbocycles. The first kappa shape index (κ1) is 15.2. The molecule has 2 bridgehead atoms. The number of fused-ring (bicyclic) bond motifs is 4. The largest absolute Gasteiger partial charge is 0.302 e. The van der Waals surface area contributed by atoms with Gasteiger partial charge in [-0.2, -0.15) is 4.31 Å². The first-order valence-electron chi connectivity index (χ1n) is 7.03. The maximum Gasteiger partial charge on any atom is 0.244 e. The van der Waals surface area contributed by atoms with Crippen LogP contribution in [0.5, 0.6) is 0 Å². The molecule has 1 aromatic carbocycles. The second-order valence-electron chi connectivity index (χ2n) is 5.93. The van der Waals surface area contributed by atoms with Crippen molar-refractivity contribution < 1.29 is 12.8 Å².